The quantitative estimate of drug-likeness (QED) is 0.389. The van der Waals surface area contributed by atoms with Crippen molar-refractivity contribution >= 4 is 49.9 Å². The van der Waals surface area contributed by atoms with Gasteiger partial charge in [-0.05, 0) is 48.7 Å². The molecule has 0 amide bonds. The number of H-pyrrole nitrogens is 1. The Morgan fingerprint density at radius 2 is 1.93 bits per heavy atom. The van der Waals surface area contributed by atoms with Gasteiger partial charge in [-0.25, -0.2) is 9.78 Å². The Balaban J connectivity index is 1.96. The van der Waals surface area contributed by atoms with E-state index in [4.69, 9.17) is 4.74 Å². The van der Waals surface area contributed by atoms with Crippen molar-refractivity contribution in [3.63, 3.8) is 0 Å². The van der Waals surface area contributed by atoms with Crippen LogP contribution in [0.4, 0.5) is 0 Å². The summed E-state index contributed by atoms with van der Waals surface area (Å²) in [6.45, 7) is 5.84. The van der Waals surface area contributed by atoms with Gasteiger partial charge in [-0.2, -0.15) is 0 Å². The highest BCUT2D eigenvalue weighted by Gasteiger charge is 2.20. The van der Waals surface area contributed by atoms with E-state index in [2.05, 4.69) is 9.97 Å². The Bertz CT molecular complexity index is 1330. The molecule has 0 saturated carbocycles. The Morgan fingerprint density at radius 3 is 2.72 bits per heavy atom. The summed E-state index contributed by atoms with van der Waals surface area (Å²) < 4.78 is 5.26. The van der Waals surface area contributed by atoms with Gasteiger partial charge < -0.3 is 9.72 Å². The predicted octanol–water partition coefficient (Wildman–Crippen LogP) is 4.86. The second kappa shape index (κ2) is 7.64. The van der Waals surface area contributed by atoms with Gasteiger partial charge >= 0.3 is 5.97 Å². The van der Waals surface area contributed by atoms with E-state index in [1.54, 1.807) is 13.0 Å². The molecule has 0 fully saturated rings. The molecule has 0 radical (unpaired) electrons. The van der Waals surface area contributed by atoms with Gasteiger partial charge in [-0.3, -0.25) is 4.79 Å². The zero-order valence-corrected chi connectivity index (χ0v) is 17.2. The van der Waals surface area contributed by atoms with Crippen molar-refractivity contribution < 1.29 is 9.53 Å². The average molecular weight is 404 g/mol. The minimum atomic E-state index is -0.520. The number of carbonyl (C=O) groups is 1. The molecule has 2 aromatic carbocycles. The number of fused-ring (bicyclic) bond motifs is 2. The Morgan fingerprint density at radius 1 is 1.17 bits per heavy atom. The fourth-order valence-electron chi connectivity index (χ4n) is 3.35. The smallest absolute Gasteiger partial charge is 0.341 e. The van der Waals surface area contributed by atoms with Crippen LogP contribution in [-0.2, 0) is 9.53 Å². The summed E-state index contributed by atoms with van der Waals surface area (Å²) in [5.41, 5.74) is 1.75. The third-order valence-electron chi connectivity index (χ3n) is 4.91. The number of nitrogens with zero attached hydrogens (tertiary/aromatic N) is 1. The van der Waals surface area contributed by atoms with Gasteiger partial charge in [0.15, 0.2) is 0 Å². The van der Waals surface area contributed by atoms with E-state index in [9.17, 15) is 9.59 Å². The highest BCUT2D eigenvalue weighted by molar-refractivity contribution is 7.18. The third kappa shape index (κ3) is 3.47. The second-order valence-corrected chi connectivity index (χ2v) is 7.93. The van der Waals surface area contributed by atoms with Crippen LogP contribution in [0.25, 0.3) is 32.6 Å². The van der Waals surface area contributed by atoms with Crippen LogP contribution in [0.1, 0.15) is 28.8 Å². The van der Waals surface area contributed by atoms with Crippen molar-refractivity contribution in [2.45, 2.75) is 20.8 Å². The Kier molecular flexibility index (Phi) is 5.03. The number of nitrogens with one attached hydrogen (secondary N) is 1. The van der Waals surface area contributed by atoms with Gasteiger partial charge in [0, 0.05) is 4.88 Å². The number of ether oxygens (including phenoxy) is 1. The van der Waals surface area contributed by atoms with Gasteiger partial charge in [0.25, 0.3) is 5.56 Å². The zero-order chi connectivity index (χ0) is 20.5. The van der Waals surface area contributed by atoms with Crippen LogP contribution < -0.4 is 5.56 Å². The topological polar surface area (TPSA) is 72.0 Å². The average Bonchev–Trinajstić information content (AvgIpc) is 3.00. The van der Waals surface area contributed by atoms with E-state index >= 15 is 0 Å². The van der Waals surface area contributed by atoms with E-state index in [0.29, 0.717) is 10.2 Å². The molecule has 2 aromatic heterocycles. The summed E-state index contributed by atoms with van der Waals surface area (Å²) in [4.78, 5) is 34.5. The van der Waals surface area contributed by atoms with E-state index in [1.807, 2.05) is 56.3 Å². The first-order valence-electron chi connectivity index (χ1n) is 9.36. The fraction of sp³-hybridized carbons (Fsp3) is 0.174. The molecule has 0 atom stereocenters. The molecule has 1 N–H and O–H groups in total. The number of benzene rings is 2. The molecule has 4 aromatic rings. The molecule has 6 heteroatoms. The second-order valence-electron chi connectivity index (χ2n) is 6.72. The van der Waals surface area contributed by atoms with Gasteiger partial charge in [-0.1, -0.05) is 42.5 Å². The minimum absolute atomic E-state index is 0.218. The summed E-state index contributed by atoms with van der Waals surface area (Å²) in [7, 11) is 0. The molecule has 0 spiro atoms. The van der Waals surface area contributed by atoms with Crippen molar-refractivity contribution in [1.82, 2.24) is 9.97 Å². The normalized spacial score (nSPS) is 11.9. The maximum absolute atomic E-state index is 12.8. The van der Waals surface area contributed by atoms with Crippen molar-refractivity contribution in [3.05, 3.63) is 74.6 Å². The number of aryl methyl sites for hydroxylation is 2. The lowest BCUT2D eigenvalue weighted by atomic mass is 10.0. The monoisotopic (exact) mass is 404 g/mol. The van der Waals surface area contributed by atoms with Gasteiger partial charge in [0.05, 0.1) is 12.0 Å². The fourth-order valence-corrected chi connectivity index (χ4v) is 4.38. The Labute approximate surface area is 171 Å². The first kappa shape index (κ1) is 19.1. The summed E-state index contributed by atoms with van der Waals surface area (Å²) in [6, 6.07) is 13.8. The summed E-state index contributed by atoms with van der Waals surface area (Å²) in [5.74, 6) is -0.303. The first-order valence-corrected chi connectivity index (χ1v) is 10.2. The lowest BCUT2D eigenvalue weighted by molar-refractivity contribution is -0.136. The minimum Gasteiger partial charge on any atom is -0.462 e. The Hall–Kier alpha value is -3.25. The first-order chi connectivity index (χ1) is 14.0. The van der Waals surface area contributed by atoms with Crippen molar-refractivity contribution in [2.24, 2.45) is 0 Å². The highest BCUT2D eigenvalue weighted by Crippen LogP contribution is 2.28. The van der Waals surface area contributed by atoms with Gasteiger partial charge in [0.2, 0.25) is 0 Å². The maximum atomic E-state index is 12.8. The molecule has 0 unspecified atom stereocenters. The van der Waals surface area contributed by atoms with E-state index < -0.39 is 5.97 Å². The number of aromatic nitrogens is 2. The summed E-state index contributed by atoms with van der Waals surface area (Å²) >= 11 is 1.45. The number of hydrogen-bond acceptors (Lipinski definition) is 5. The van der Waals surface area contributed by atoms with E-state index in [-0.39, 0.29) is 23.6 Å². The molecule has 0 aliphatic carbocycles. The van der Waals surface area contributed by atoms with Crippen LogP contribution in [0, 0.1) is 13.8 Å². The van der Waals surface area contributed by atoms with E-state index in [0.717, 1.165) is 26.8 Å². The predicted molar refractivity (Wildman–Crippen MR) is 118 cm³/mol. The molecule has 0 bridgehead atoms. The van der Waals surface area contributed by atoms with Gasteiger partial charge in [-0.15, -0.1) is 11.3 Å². The van der Waals surface area contributed by atoms with Crippen LogP contribution >= 0.6 is 11.3 Å². The number of carbonyl (C=O) groups excluding carboxylic acids is 1. The highest BCUT2D eigenvalue weighted by atomic mass is 32.1. The van der Waals surface area contributed by atoms with Crippen molar-refractivity contribution in [1.29, 1.82) is 0 Å². The SMILES string of the molecule is CCOC(=O)/C(=C\c1cccc2ccccc12)c1nc2sc(C)c(C)c2c(=O)[nH]1. The maximum Gasteiger partial charge on any atom is 0.341 e. The lowest BCUT2D eigenvalue weighted by Gasteiger charge is -2.08. The molecule has 4 rings (SSSR count). The molecule has 0 aliphatic rings. The number of hydrogen-bond donors (Lipinski definition) is 1. The van der Waals surface area contributed by atoms with Gasteiger partial charge in [0.1, 0.15) is 16.2 Å². The molecule has 146 valence electrons. The van der Waals surface area contributed by atoms with Crippen LogP contribution in [0.2, 0.25) is 0 Å². The third-order valence-corrected chi connectivity index (χ3v) is 6.01. The molecule has 2 heterocycles. The van der Waals surface area contributed by atoms with Crippen molar-refractivity contribution in [3.8, 4) is 0 Å². The zero-order valence-electron chi connectivity index (χ0n) is 16.4. The number of aromatic amines is 1. The molecular weight excluding hydrogens is 384 g/mol. The molecule has 5 nitrogen and oxygen atoms in total. The lowest BCUT2D eigenvalue weighted by Crippen LogP contribution is -2.15. The van der Waals surface area contributed by atoms with Crippen molar-refractivity contribution in [2.75, 3.05) is 6.61 Å². The summed E-state index contributed by atoms with van der Waals surface area (Å²) in [6.07, 6.45) is 1.73. The van der Waals surface area contributed by atoms with Crippen LogP contribution in [-0.4, -0.2) is 22.5 Å². The largest absolute Gasteiger partial charge is 0.462 e. The van der Waals surface area contributed by atoms with Crippen LogP contribution in [0.5, 0.6) is 0 Å². The number of rotatable bonds is 4. The standard InChI is InChI=1S/C23H20N2O3S/c1-4-28-23(27)18(12-16-10-7-9-15-8-5-6-11-17(15)16)20-24-21(26)19-13(2)14(3)29-22(19)25-20/h5-12H,4H2,1-3H3,(H,24,25,26)/b18-12-. The summed E-state index contributed by atoms with van der Waals surface area (Å²) in [5, 5.41) is 2.64. The van der Waals surface area contributed by atoms with Crippen LogP contribution in [0.15, 0.2) is 47.3 Å². The van der Waals surface area contributed by atoms with Crippen LogP contribution in [0.3, 0.4) is 0 Å². The molecular formula is C23H20N2O3S. The van der Waals surface area contributed by atoms with E-state index in [1.165, 1.54) is 11.3 Å². The molecule has 0 aliphatic heterocycles. The molecule has 0 saturated heterocycles. The molecule has 29 heavy (non-hydrogen) atoms. The number of thiophene rings is 1. The number of esters is 1.